The molecular weight excluding hydrogens is 296 g/mol. The fraction of sp³-hybridized carbons (Fsp3) is 0.294. The van der Waals surface area contributed by atoms with Crippen molar-refractivity contribution < 1.29 is 9.52 Å². The second-order valence-electron chi connectivity index (χ2n) is 6.00. The maximum atomic E-state index is 12.1. The lowest BCUT2D eigenvalue weighted by atomic mass is 9.86. The first-order chi connectivity index (χ1) is 10.4. The van der Waals surface area contributed by atoms with Gasteiger partial charge < -0.3 is 10.5 Å². The van der Waals surface area contributed by atoms with Gasteiger partial charge in [-0.05, 0) is 34.9 Å². The summed E-state index contributed by atoms with van der Waals surface area (Å²) in [7, 11) is 0. The minimum Gasteiger partial charge on any atom is -0.618 e. The van der Waals surface area contributed by atoms with Crippen molar-refractivity contribution in [2.24, 2.45) is 0 Å². The Kier molecular flexibility index (Phi) is 5.08. The van der Waals surface area contributed by atoms with Crippen molar-refractivity contribution in [2.45, 2.75) is 31.2 Å². The number of hydrogen-bond acceptors (Lipinski definition) is 3. The Labute approximate surface area is 135 Å². The molecule has 0 aliphatic carbocycles. The van der Waals surface area contributed by atoms with Crippen LogP contribution in [0.5, 0.6) is 0 Å². The van der Waals surface area contributed by atoms with E-state index in [0.717, 1.165) is 16.0 Å². The Morgan fingerprint density at radius 2 is 1.86 bits per heavy atom. The number of thioether (sulfide) groups is 1. The van der Waals surface area contributed by atoms with E-state index in [0.29, 0.717) is 5.03 Å². The van der Waals surface area contributed by atoms with Crippen molar-refractivity contribution in [2.75, 3.05) is 11.1 Å². The number of rotatable bonds is 4. The van der Waals surface area contributed by atoms with Gasteiger partial charge in [0.2, 0.25) is 5.91 Å². The summed E-state index contributed by atoms with van der Waals surface area (Å²) in [6, 6.07) is 12.9. The van der Waals surface area contributed by atoms with Crippen LogP contribution in [0.4, 0.5) is 5.69 Å². The van der Waals surface area contributed by atoms with Crippen LogP contribution in [-0.2, 0) is 10.2 Å². The topological polar surface area (TPSA) is 56.0 Å². The van der Waals surface area contributed by atoms with Crippen molar-refractivity contribution >= 4 is 23.4 Å². The van der Waals surface area contributed by atoms with Gasteiger partial charge in [0, 0.05) is 17.8 Å². The Morgan fingerprint density at radius 3 is 2.55 bits per heavy atom. The number of hydrogen-bond donors (Lipinski definition) is 1. The molecule has 1 N–H and O–H groups in total. The average molecular weight is 316 g/mol. The molecule has 1 aromatic heterocycles. The Morgan fingerprint density at radius 1 is 1.18 bits per heavy atom. The molecule has 0 unspecified atom stereocenters. The second kappa shape index (κ2) is 6.83. The van der Waals surface area contributed by atoms with E-state index in [9.17, 15) is 10.0 Å². The van der Waals surface area contributed by atoms with E-state index in [-0.39, 0.29) is 17.1 Å². The molecule has 5 heteroatoms. The van der Waals surface area contributed by atoms with Crippen LogP contribution in [0.3, 0.4) is 0 Å². The molecule has 0 aliphatic heterocycles. The minimum atomic E-state index is -0.120. The van der Waals surface area contributed by atoms with Crippen LogP contribution in [0.25, 0.3) is 0 Å². The molecule has 0 saturated carbocycles. The van der Waals surface area contributed by atoms with E-state index in [1.54, 1.807) is 18.2 Å². The molecule has 116 valence electrons. The number of aromatic nitrogens is 1. The molecule has 2 aromatic rings. The summed E-state index contributed by atoms with van der Waals surface area (Å²) in [4.78, 5) is 12.1. The summed E-state index contributed by atoms with van der Waals surface area (Å²) >= 11 is 1.23. The van der Waals surface area contributed by atoms with Crippen LogP contribution >= 0.6 is 11.8 Å². The Balaban J connectivity index is 2.03. The van der Waals surface area contributed by atoms with Crippen LogP contribution < -0.4 is 10.0 Å². The molecular formula is C17H20N2O2S. The van der Waals surface area contributed by atoms with E-state index in [1.165, 1.54) is 18.0 Å². The number of anilines is 1. The van der Waals surface area contributed by atoms with Gasteiger partial charge >= 0.3 is 0 Å². The number of amides is 1. The summed E-state index contributed by atoms with van der Waals surface area (Å²) in [6.45, 7) is 6.32. The fourth-order valence-electron chi connectivity index (χ4n) is 2.10. The predicted octanol–water partition coefficient (Wildman–Crippen LogP) is 3.35. The van der Waals surface area contributed by atoms with Gasteiger partial charge in [-0.1, -0.05) is 39.0 Å². The molecule has 1 amide bonds. The van der Waals surface area contributed by atoms with Crippen LogP contribution in [0, 0.1) is 5.21 Å². The molecule has 0 aliphatic rings. The Hall–Kier alpha value is -2.01. The van der Waals surface area contributed by atoms with Crippen molar-refractivity contribution in [3.05, 3.63) is 59.4 Å². The summed E-state index contributed by atoms with van der Waals surface area (Å²) in [6.07, 6.45) is 1.43. The number of para-hydroxylation sites is 1. The average Bonchev–Trinajstić information content (AvgIpc) is 2.46. The third kappa shape index (κ3) is 4.24. The van der Waals surface area contributed by atoms with Crippen molar-refractivity contribution in [3.63, 3.8) is 0 Å². The molecule has 0 fully saturated rings. The predicted molar refractivity (Wildman–Crippen MR) is 89.9 cm³/mol. The second-order valence-corrected chi connectivity index (χ2v) is 6.99. The van der Waals surface area contributed by atoms with Crippen LogP contribution in [0.15, 0.2) is 53.7 Å². The molecule has 1 heterocycles. The van der Waals surface area contributed by atoms with Gasteiger partial charge in [0.1, 0.15) is 0 Å². The maximum absolute atomic E-state index is 12.1. The molecule has 22 heavy (non-hydrogen) atoms. The summed E-state index contributed by atoms with van der Waals surface area (Å²) in [5.74, 6) is 0.0793. The number of carbonyl (C=O) groups is 1. The van der Waals surface area contributed by atoms with E-state index in [2.05, 4.69) is 26.1 Å². The molecule has 0 bridgehead atoms. The molecule has 0 radical (unpaired) electrons. The number of benzene rings is 1. The summed E-state index contributed by atoms with van der Waals surface area (Å²) in [5.41, 5.74) is 1.87. The number of nitrogens with one attached hydrogen (secondary N) is 1. The SMILES string of the molecule is CC(C)(C)c1ccccc1NC(=O)CSc1cccc[n+]1[O-]. The first kappa shape index (κ1) is 16.4. The number of pyridine rings is 1. The highest BCUT2D eigenvalue weighted by molar-refractivity contribution is 7.99. The van der Waals surface area contributed by atoms with Gasteiger partial charge in [0.25, 0.3) is 5.03 Å². The van der Waals surface area contributed by atoms with Crippen LogP contribution in [0.1, 0.15) is 26.3 Å². The molecule has 1 aromatic carbocycles. The minimum absolute atomic E-state index is 0.0471. The van der Waals surface area contributed by atoms with Gasteiger partial charge in [-0.2, -0.15) is 4.73 Å². The largest absolute Gasteiger partial charge is 0.618 e. The van der Waals surface area contributed by atoms with E-state index < -0.39 is 0 Å². The fourth-order valence-corrected chi connectivity index (χ4v) is 2.81. The van der Waals surface area contributed by atoms with E-state index in [4.69, 9.17) is 0 Å². The highest BCUT2D eigenvalue weighted by atomic mass is 32.2. The highest BCUT2D eigenvalue weighted by Gasteiger charge is 2.18. The standard InChI is InChI=1S/C17H20N2O2S/c1-17(2,3)13-8-4-5-9-14(13)18-15(20)12-22-16-10-6-7-11-19(16)21/h4-11H,12H2,1-3H3,(H,18,20). The normalized spacial score (nSPS) is 11.2. The summed E-state index contributed by atoms with van der Waals surface area (Å²) < 4.78 is 0.765. The lowest BCUT2D eigenvalue weighted by molar-refractivity contribution is -0.645. The van der Waals surface area contributed by atoms with Gasteiger partial charge in [0.15, 0.2) is 6.20 Å². The number of nitrogens with zero attached hydrogens (tertiary/aromatic N) is 1. The maximum Gasteiger partial charge on any atom is 0.251 e. The molecule has 2 rings (SSSR count). The quantitative estimate of drug-likeness (QED) is 0.534. The third-order valence-electron chi connectivity index (χ3n) is 3.15. The van der Waals surface area contributed by atoms with Gasteiger partial charge in [-0.25, -0.2) is 0 Å². The molecule has 0 spiro atoms. The zero-order valence-corrected chi connectivity index (χ0v) is 13.8. The van der Waals surface area contributed by atoms with E-state index in [1.807, 2.05) is 24.3 Å². The third-order valence-corrected chi connectivity index (χ3v) is 4.17. The number of carbonyl (C=O) groups excluding carboxylic acids is 1. The van der Waals surface area contributed by atoms with Crippen molar-refractivity contribution in [1.29, 1.82) is 0 Å². The smallest absolute Gasteiger partial charge is 0.251 e. The van der Waals surface area contributed by atoms with Crippen LogP contribution in [0.2, 0.25) is 0 Å². The lowest BCUT2D eigenvalue weighted by Crippen LogP contribution is -2.28. The zero-order valence-electron chi connectivity index (χ0n) is 13.0. The first-order valence-corrected chi connectivity index (χ1v) is 8.07. The van der Waals surface area contributed by atoms with Gasteiger partial charge in [-0.15, -0.1) is 0 Å². The lowest BCUT2D eigenvalue weighted by Gasteiger charge is -2.22. The monoisotopic (exact) mass is 316 g/mol. The van der Waals surface area contributed by atoms with E-state index >= 15 is 0 Å². The Bertz CT molecular complexity index is 666. The van der Waals surface area contributed by atoms with Crippen molar-refractivity contribution in [1.82, 2.24) is 0 Å². The van der Waals surface area contributed by atoms with Crippen molar-refractivity contribution in [3.8, 4) is 0 Å². The summed E-state index contributed by atoms with van der Waals surface area (Å²) in [5, 5.41) is 15.0. The zero-order chi connectivity index (χ0) is 16.2. The van der Waals surface area contributed by atoms with Gasteiger partial charge in [-0.3, -0.25) is 4.79 Å². The molecule has 0 saturated heterocycles. The molecule has 0 atom stereocenters. The van der Waals surface area contributed by atoms with Crippen LogP contribution in [-0.4, -0.2) is 11.7 Å². The van der Waals surface area contributed by atoms with Gasteiger partial charge in [0.05, 0.1) is 5.75 Å². The first-order valence-electron chi connectivity index (χ1n) is 7.08. The highest BCUT2D eigenvalue weighted by Crippen LogP contribution is 2.29. The molecule has 4 nitrogen and oxygen atoms in total.